The number of hydrogen-bond acceptors (Lipinski definition) is 5. The molecule has 0 radical (unpaired) electrons. The molecular formula is C14H22N2O3S. The molecule has 0 aromatic heterocycles. The van der Waals surface area contributed by atoms with E-state index in [2.05, 4.69) is 5.32 Å². The number of anilines is 1. The third kappa shape index (κ3) is 5.79. The molecule has 0 aliphatic heterocycles. The van der Waals surface area contributed by atoms with Crippen molar-refractivity contribution in [3.05, 3.63) is 33.9 Å². The van der Waals surface area contributed by atoms with Crippen molar-refractivity contribution in [3.63, 3.8) is 0 Å². The lowest BCUT2D eigenvalue weighted by Gasteiger charge is -2.08. The van der Waals surface area contributed by atoms with Crippen molar-refractivity contribution >= 4 is 23.1 Å². The van der Waals surface area contributed by atoms with E-state index in [1.54, 1.807) is 13.2 Å². The van der Waals surface area contributed by atoms with E-state index >= 15 is 0 Å². The quantitative estimate of drug-likeness (QED) is 0.405. The van der Waals surface area contributed by atoms with Crippen molar-refractivity contribution in [2.45, 2.75) is 25.5 Å². The summed E-state index contributed by atoms with van der Waals surface area (Å²) in [6, 6.07) is 5.30. The molecule has 0 saturated heterocycles. The number of rotatable bonds is 10. The van der Waals surface area contributed by atoms with Gasteiger partial charge in [0.2, 0.25) is 0 Å². The van der Waals surface area contributed by atoms with Crippen LogP contribution in [0.25, 0.3) is 0 Å². The normalized spacial score (nSPS) is 10.5. The molecule has 0 bridgehead atoms. The second-order valence-corrected chi connectivity index (χ2v) is 5.54. The molecular weight excluding hydrogens is 276 g/mol. The maximum atomic E-state index is 11.0. The fraction of sp³-hybridized carbons (Fsp3) is 0.571. The molecule has 20 heavy (non-hydrogen) atoms. The number of nitro groups is 1. The predicted octanol–water partition coefficient (Wildman–Crippen LogP) is 3.69. The first-order valence-corrected chi connectivity index (χ1v) is 7.92. The average Bonchev–Trinajstić information content (AvgIpc) is 2.44. The summed E-state index contributed by atoms with van der Waals surface area (Å²) in [7, 11) is 1.70. The first-order chi connectivity index (χ1) is 9.69. The molecule has 0 amide bonds. The minimum atomic E-state index is -0.340. The summed E-state index contributed by atoms with van der Waals surface area (Å²) < 4.78 is 5.00. The molecule has 112 valence electrons. The lowest BCUT2D eigenvalue weighted by atomic mass is 10.2. The highest BCUT2D eigenvalue weighted by Gasteiger charge is 2.13. The number of ether oxygens (including phenoxy) is 1. The zero-order valence-electron chi connectivity index (χ0n) is 12.1. The summed E-state index contributed by atoms with van der Waals surface area (Å²) in [5, 5.41) is 14.1. The summed E-state index contributed by atoms with van der Waals surface area (Å²) in [5.74, 6) is 1.89. The standard InChI is InChI=1S/C14H22N2O3S/c1-3-7-15-13-10-12(5-6-14(13)16(17)18)11-20-9-4-8-19-2/h5-6,10,15H,3-4,7-9,11H2,1-2H3. The van der Waals surface area contributed by atoms with Gasteiger partial charge in [-0.1, -0.05) is 13.0 Å². The van der Waals surface area contributed by atoms with Crippen LogP contribution >= 0.6 is 11.8 Å². The second-order valence-electron chi connectivity index (χ2n) is 4.43. The lowest BCUT2D eigenvalue weighted by Crippen LogP contribution is -2.03. The van der Waals surface area contributed by atoms with Crippen LogP contribution in [0.4, 0.5) is 11.4 Å². The molecule has 1 aromatic rings. The Kier molecular flexibility index (Phi) is 8.06. The topological polar surface area (TPSA) is 64.4 Å². The Morgan fingerprint density at radius 1 is 1.45 bits per heavy atom. The molecule has 0 unspecified atom stereocenters. The van der Waals surface area contributed by atoms with Crippen LogP contribution in [0.15, 0.2) is 18.2 Å². The van der Waals surface area contributed by atoms with Gasteiger partial charge < -0.3 is 10.1 Å². The SMILES string of the molecule is CCCNc1cc(CSCCCOC)ccc1[N+](=O)[O-]. The molecule has 0 fully saturated rings. The van der Waals surface area contributed by atoms with Gasteiger partial charge in [0.25, 0.3) is 5.69 Å². The van der Waals surface area contributed by atoms with Crippen molar-refractivity contribution in [3.8, 4) is 0 Å². The van der Waals surface area contributed by atoms with Gasteiger partial charge >= 0.3 is 0 Å². The molecule has 0 aliphatic carbocycles. The number of nitro benzene ring substituents is 1. The van der Waals surface area contributed by atoms with E-state index < -0.39 is 0 Å². The van der Waals surface area contributed by atoms with Crippen LogP contribution < -0.4 is 5.32 Å². The highest BCUT2D eigenvalue weighted by atomic mass is 32.2. The second kappa shape index (κ2) is 9.61. The molecule has 1 aromatic carbocycles. The fourth-order valence-electron chi connectivity index (χ4n) is 1.73. The van der Waals surface area contributed by atoms with Gasteiger partial charge in [-0.2, -0.15) is 11.8 Å². The van der Waals surface area contributed by atoms with Crippen LogP contribution in [-0.2, 0) is 10.5 Å². The van der Waals surface area contributed by atoms with Gasteiger partial charge in [0.05, 0.1) is 4.92 Å². The van der Waals surface area contributed by atoms with Gasteiger partial charge in [0, 0.05) is 32.1 Å². The highest BCUT2D eigenvalue weighted by molar-refractivity contribution is 7.98. The van der Waals surface area contributed by atoms with Crippen LogP contribution in [0, 0.1) is 10.1 Å². The Bertz CT molecular complexity index is 427. The van der Waals surface area contributed by atoms with Crippen LogP contribution in [0.1, 0.15) is 25.3 Å². The first kappa shape index (κ1) is 16.8. The smallest absolute Gasteiger partial charge is 0.292 e. The molecule has 6 heteroatoms. The van der Waals surface area contributed by atoms with Crippen molar-refractivity contribution in [1.29, 1.82) is 0 Å². The maximum absolute atomic E-state index is 11.0. The first-order valence-electron chi connectivity index (χ1n) is 6.77. The van der Waals surface area contributed by atoms with Crippen LogP contribution in [0.2, 0.25) is 0 Å². The van der Waals surface area contributed by atoms with Crippen molar-refractivity contribution in [1.82, 2.24) is 0 Å². The molecule has 0 atom stereocenters. The summed E-state index contributed by atoms with van der Waals surface area (Å²) in [6.07, 6.45) is 1.96. The van der Waals surface area contributed by atoms with Crippen LogP contribution in [0.5, 0.6) is 0 Å². The van der Waals surface area contributed by atoms with E-state index in [1.807, 2.05) is 30.8 Å². The van der Waals surface area contributed by atoms with Crippen molar-refractivity contribution in [2.75, 3.05) is 31.3 Å². The van der Waals surface area contributed by atoms with Gasteiger partial charge in [-0.25, -0.2) is 0 Å². The highest BCUT2D eigenvalue weighted by Crippen LogP contribution is 2.27. The summed E-state index contributed by atoms with van der Waals surface area (Å²) in [6.45, 7) is 3.55. The molecule has 0 heterocycles. The van der Waals surface area contributed by atoms with E-state index in [9.17, 15) is 10.1 Å². The van der Waals surface area contributed by atoms with Gasteiger partial charge in [-0.3, -0.25) is 10.1 Å². The number of thioether (sulfide) groups is 1. The van der Waals surface area contributed by atoms with Crippen molar-refractivity contribution < 1.29 is 9.66 Å². The van der Waals surface area contributed by atoms with E-state index in [4.69, 9.17) is 4.74 Å². The number of methoxy groups -OCH3 is 1. The molecule has 0 spiro atoms. The summed E-state index contributed by atoms with van der Waals surface area (Å²) in [5.41, 5.74) is 1.87. The number of benzene rings is 1. The number of nitrogens with zero attached hydrogens (tertiary/aromatic N) is 1. The minimum absolute atomic E-state index is 0.145. The van der Waals surface area contributed by atoms with E-state index in [-0.39, 0.29) is 10.6 Å². The Morgan fingerprint density at radius 3 is 2.90 bits per heavy atom. The van der Waals surface area contributed by atoms with E-state index in [0.717, 1.165) is 43.1 Å². The Morgan fingerprint density at radius 2 is 2.25 bits per heavy atom. The van der Waals surface area contributed by atoms with Crippen LogP contribution in [0.3, 0.4) is 0 Å². The van der Waals surface area contributed by atoms with E-state index in [1.165, 1.54) is 0 Å². The zero-order valence-corrected chi connectivity index (χ0v) is 12.9. The zero-order chi connectivity index (χ0) is 14.8. The van der Waals surface area contributed by atoms with Gasteiger partial charge in [-0.05, 0) is 30.2 Å². The third-order valence-electron chi connectivity index (χ3n) is 2.73. The molecule has 5 nitrogen and oxygen atoms in total. The number of hydrogen-bond donors (Lipinski definition) is 1. The lowest BCUT2D eigenvalue weighted by molar-refractivity contribution is -0.384. The monoisotopic (exact) mass is 298 g/mol. The van der Waals surface area contributed by atoms with Gasteiger partial charge in [0.15, 0.2) is 0 Å². The Labute approximate surface area is 124 Å². The molecule has 1 N–H and O–H groups in total. The Balaban J connectivity index is 2.61. The van der Waals surface area contributed by atoms with Gasteiger partial charge in [0.1, 0.15) is 5.69 Å². The Hall–Kier alpha value is -1.27. The molecule has 0 saturated carbocycles. The van der Waals surface area contributed by atoms with Crippen molar-refractivity contribution in [2.24, 2.45) is 0 Å². The predicted molar refractivity (Wildman–Crippen MR) is 84.5 cm³/mol. The van der Waals surface area contributed by atoms with Gasteiger partial charge in [-0.15, -0.1) is 0 Å². The third-order valence-corrected chi connectivity index (χ3v) is 3.84. The molecule has 1 rings (SSSR count). The fourth-order valence-corrected chi connectivity index (χ4v) is 2.61. The average molecular weight is 298 g/mol. The minimum Gasteiger partial charge on any atom is -0.385 e. The summed E-state index contributed by atoms with van der Waals surface area (Å²) in [4.78, 5) is 10.6. The molecule has 0 aliphatic rings. The van der Waals surface area contributed by atoms with E-state index in [0.29, 0.717) is 5.69 Å². The maximum Gasteiger partial charge on any atom is 0.292 e. The largest absolute Gasteiger partial charge is 0.385 e. The van der Waals surface area contributed by atoms with Crippen LogP contribution in [-0.4, -0.2) is 30.9 Å². The summed E-state index contributed by atoms with van der Waals surface area (Å²) >= 11 is 1.82. The number of nitrogens with one attached hydrogen (secondary N) is 1.